The van der Waals surface area contributed by atoms with Gasteiger partial charge in [-0.3, -0.25) is 5.10 Å². The van der Waals surface area contributed by atoms with E-state index in [9.17, 15) is 14.3 Å². The molecule has 1 aliphatic rings. The number of ether oxygens (including phenoxy) is 1. The number of H-pyrrole nitrogens is 1. The van der Waals surface area contributed by atoms with Crippen molar-refractivity contribution in [1.29, 1.82) is 0 Å². The number of rotatable bonds is 4. The molecule has 184 valence electrons. The van der Waals surface area contributed by atoms with Crippen molar-refractivity contribution < 1.29 is 19.0 Å². The van der Waals surface area contributed by atoms with E-state index in [1.54, 1.807) is 30.5 Å². The Labute approximate surface area is 208 Å². The molecule has 0 amide bonds. The summed E-state index contributed by atoms with van der Waals surface area (Å²) in [5.74, 6) is -1.00. The summed E-state index contributed by atoms with van der Waals surface area (Å²) >= 11 is 0. The zero-order valence-corrected chi connectivity index (χ0v) is 20.3. The largest absolute Gasteiger partial charge is 0.478 e. The number of hydrogen-bond acceptors (Lipinski definition) is 3. The van der Waals surface area contributed by atoms with Gasteiger partial charge in [0.15, 0.2) is 0 Å². The number of halogens is 1. The fraction of sp³-hybridized carbons (Fsp3) is 0.241. The Morgan fingerprint density at radius 3 is 2.42 bits per heavy atom. The van der Waals surface area contributed by atoms with Gasteiger partial charge in [-0.2, -0.15) is 5.10 Å². The van der Waals surface area contributed by atoms with Gasteiger partial charge in [0, 0.05) is 46.8 Å². The second kappa shape index (κ2) is 9.95. The van der Waals surface area contributed by atoms with Gasteiger partial charge in [0.2, 0.25) is 0 Å². The third-order valence-corrected chi connectivity index (χ3v) is 6.68. The number of nitrogens with one attached hydrogen (secondary N) is 1. The molecule has 3 aromatic carbocycles. The number of hydrogen-bond donors (Lipinski definition) is 2. The molecule has 2 aromatic heterocycles. The molecule has 0 bridgehead atoms. The lowest BCUT2D eigenvalue weighted by Gasteiger charge is -2.26. The Bertz CT molecular complexity index is 1510. The number of fused-ring (bicyclic) bond motifs is 2. The van der Waals surface area contributed by atoms with E-state index in [0.717, 1.165) is 57.2 Å². The van der Waals surface area contributed by atoms with Gasteiger partial charge in [0.1, 0.15) is 5.82 Å². The van der Waals surface area contributed by atoms with Crippen molar-refractivity contribution in [2.45, 2.75) is 32.6 Å². The second-order valence-electron chi connectivity index (χ2n) is 8.67. The number of carboxylic acid groups (broad SMARTS) is 1. The fourth-order valence-electron chi connectivity index (χ4n) is 5.05. The first-order valence-electron chi connectivity index (χ1n) is 12.3. The Balaban J connectivity index is 0.00000130. The summed E-state index contributed by atoms with van der Waals surface area (Å²) in [4.78, 5) is 11.4. The summed E-state index contributed by atoms with van der Waals surface area (Å²) in [6, 6.07) is 17.8. The topological polar surface area (TPSA) is 80.1 Å². The van der Waals surface area contributed by atoms with Crippen molar-refractivity contribution in [3.63, 3.8) is 0 Å². The van der Waals surface area contributed by atoms with Crippen LogP contribution in [-0.4, -0.2) is 39.1 Å². The van der Waals surface area contributed by atoms with Gasteiger partial charge in [-0.05, 0) is 66.9 Å². The highest BCUT2D eigenvalue weighted by molar-refractivity contribution is 6.06. The number of benzene rings is 3. The molecule has 3 heterocycles. The average molecular weight is 486 g/mol. The van der Waals surface area contributed by atoms with Crippen LogP contribution < -0.4 is 0 Å². The minimum Gasteiger partial charge on any atom is -0.478 e. The molecule has 0 unspecified atom stereocenters. The molecule has 0 spiro atoms. The van der Waals surface area contributed by atoms with Crippen LogP contribution in [0.2, 0.25) is 0 Å². The summed E-state index contributed by atoms with van der Waals surface area (Å²) in [5, 5.41) is 18.7. The van der Waals surface area contributed by atoms with Gasteiger partial charge in [0.05, 0.1) is 22.8 Å². The van der Waals surface area contributed by atoms with Gasteiger partial charge in [-0.25, -0.2) is 9.18 Å². The van der Waals surface area contributed by atoms with Crippen molar-refractivity contribution in [3.05, 3.63) is 83.9 Å². The highest BCUT2D eigenvalue weighted by Gasteiger charge is 2.28. The SMILES string of the molecule is CC.O=C(O)c1ccc(-c2c(C3CCOCC3)n(-c3ccc(F)cc3)c3cc4cn[nH]c4cc23)cc1. The van der Waals surface area contributed by atoms with E-state index >= 15 is 0 Å². The first-order chi connectivity index (χ1) is 17.6. The van der Waals surface area contributed by atoms with E-state index in [1.165, 1.54) is 12.1 Å². The number of aromatic amines is 1. The van der Waals surface area contributed by atoms with Crippen LogP contribution in [0.3, 0.4) is 0 Å². The number of aromatic nitrogens is 3. The van der Waals surface area contributed by atoms with E-state index in [-0.39, 0.29) is 17.3 Å². The maximum atomic E-state index is 13.8. The van der Waals surface area contributed by atoms with Crippen LogP contribution in [0, 0.1) is 5.82 Å². The van der Waals surface area contributed by atoms with Crippen molar-refractivity contribution in [2.24, 2.45) is 0 Å². The maximum Gasteiger partial charge on any atom is 0.335 e. The van der Waals surface area contributed by atoms with Crippen LogP contribution in [0.15, 0.2) is 66.9 Å². The van der Waals surface area contributed by atoms with Crippen LogP contribution >= 0.6 is 0 Å². The first kappa shape index (κ1) is 23.8. The maximum absolute atomic E-state index is 13.8. The zero-order valence-electron chi connectivity index (χ0n) is 20.3. The molecule has 6 rings (SSSR count). The third-order valence-electron chi connectivity index (χ3n) is 6.68. The van der Waals surface area contributed by atoms with E-state index in [4.69, 9.17) is 4.74 Å². The zero-order chi connectivity index (χ0) is 25.2. The summed E-state index contributed by atoms with van der Waals surface area (Å²) in [6.07, 6.45) is 3.54. The molecule has 0 radical (unpaired) electrons. The predicted octanol–water partition coefficient (Wildman–Crippen LogP) is 6.93. The third kappa shape index (κ3) is 4.16. The standard InChI is InChI=1S/C27H22FN3O3.C2H6/c28-20-5-7-21(8-6-20)31-24-13-19-15-29-30-23(19)14-22(24)25(26(31)17-9-11-34-12-10-17)16-1-3-18(4-2-16)27(32)33;1-2/h1-8,13-15,17H,9-12H2,(H,29,30)(H,32,33);1-2H3. The van der Waals surface area contributed by atoms with Gasteiger partial charge >= 0.3 is 5.97 Å². The van der Waals surface area contributed by atoms with Crippen molar-refractivity contribution in [2.75, 3.05) is 13.2 Å². The Morgan fingerprint density at radius 2 is 1.75 bits per heavy atom. The van der Waals surface area contributed by atoms with Gasteiger partial charge in [-0.1, -0.05) is 26.0 Å². The first-order valence-corrected chi connectivity index (χ1v) is 12.3. The normalized spacial score (nSPS) is 14.1. The summed E-state index contributed by atoms with van der Waals surface area (Å²) in [7, 11) is 0. The molecule has 1 aliphatic heterocycles. The van der Waals surface area contributed by atoms with Crippen molar-refractivity contribution in [1.82, 2.24) is 14.8 Å². The van der Waals surface area contributed by atoms with Crippen LogP contribution in [0.5, 0.6) is 0 Å². The van der Waals surface area contributed by atoms with Crippen LogP contribution in [0.4, 0.5) is 4.39 Å². The highest BCUT2D eigenvalue weighted by Crippen LogP contribution is 2.44. The monoisotopic (exact) mass is 485 g/mol. The van der Waals surface area contributed by atoms with Gasteiger partial charge in [-0.15, -0.1) is 0 Å². The molecule has 5 aromatic rings. The number of carboxylic acids is 1. The molecule has 36 heavy (non-hydrogen) atoms. The van der Waals surface area contributed by atoms with E-state index in [1.807, 2.05) is 26.0 Å². The summed E-state index contributed by atoms with van der Waals surface area (Å²) in [6.45, 7) is 5.36. The second-order valence-corrected chi connectivity index (χ2v) is 8.67. The number of aromatic carboxylic acids is 1. The Hall–Kier alpha value is -3.97. The van der Waals surface area contributed by atoms with Crippen LogP contribution in [0.1, 0.15) is 48.7 Å². The van der Waals surface area contributed by atoms with E-state index in [2.05, 4.69) is 26.9 Å². The van der Waals surface area contributed by atoms with E-state index in [0.29, 0.717) is 13.2 Å². The number of carbonyl (C=O) groups is 1. The fourth-order valence-corrected chi connectivity index (χ4v) is 5.05. The lowest BCUT2D eigenvalue weighted by atomic mass is 9.89. The smallest absolute Gasteiger partial charge is 0.335 e. The molecule has 1 saturated heterocycles. The molecule has 7 heteroatoms. The average Bonchev–Trinajstić information content (AvgIpc) is 3.51. The van der Waals surface area contributed by atoms with E-state index < -0.39 is 5.97 Å². The summed E-state index contributed by atoms with van der Waals surface area (Å²) < 4.78 is 21.7. The van der Waals surface area contributed by atoms with Crippen molar-refractivity contribution >= 4 is 27.8 Å². The molecule has 0 atom stereocenters. The molecule has 6 nitrogen and oxygen atoms in total. The molecule has 1 fully saturated rings. The molecule has 2 N–H and O–H groups in total. The van der Waals surface area contributed by atoms with Crippen molar-refractivity contribution in [3.8, 4) is 16.8 Å². The molecule has 0 saturated carbocycles. The molecule has 0 aliphatic carbocycles. The molecular formula is C29H28FN3O3. The molecular weight excluding hydrogens is 457 g/mol. The predicted molar refractivity (Wildman–Crippen MR) is 139 cm³/mol. The van der Waals surface area contributed by atoms with Crippen LogP contribution in [-0.2, 0) is 4.74 Å². The van der Waals surface area contributed by atoms with Gasteiger partial charge < -0.3 is 14.4 Å². The Morgan fingerprint density at radius 1 is 1.06 bits per heavy atom. The minimum atomic E-state index is -0.955. The van der Waals surface area contributed by atoms with Crippen LogP contribution in [0.25, 0.3) is 38.6 Å². The number of nitrogens with zero attached hydrogens (tertiary/aromatic N) is 2. The highest BCUT2D eigenvalue weighted by atomic mass is 19.1. The minimum absolute atomic E-state index is 0.233. The summed E-state index contributed by atoms with van der Waals surface area (Å²) in [5.41, 5.74) is 6.17. The lowest BCUT2D eigenvalue weighted by Crippen LogP contribution is -2.17. The quantitative estimate of drug-likeness (QED) is 0.289. The Kier molecular flexibility index (Phi) is 6.57. The lowest BCUT2D eigenvalue weighted by molar-refractivity contribution is 0.0697. The van der Waals surface area contributed by atoms with Gasteiger partial charge in [0.25, 0.3) is 0 Å².